The molecule has 2 aromatic carbocycles. The molecule has 8 heteroatoms. The number of rotatable bonds is 5. The van der Waals surface area contributed by atoms with Crippen molar-refractivity contribution in [1.29, 1.82) is 0 Å². The SMILES string of the molecule is CC#CC(=O)Nc1ccc(NC(=O)Nc2ccc(-c3cc4c([nH]3)CCC/C=C\N=C4C3CCCCOCCC3)cc2)cc1. The largest absolute Gasteiger partial charge is 0.381 e. The van der Waals surface area contributed by atoms with Crippen LogP contribution in [0, 0.1) is 17.8 Å². The molecular formula is C35H39N5O3. The lowest BCUT2D eigenvalue weighted by Crippen LogP contribution is -2.19. The Bertz CT molecular complexity index is 1510. The Kier molecular flexibility index (Phi) is 10.4. The van der Waals surface area contributed by atoms with Crippen LogP contribution in [0.1, 0.15) is 63.1 Å². The number of aromatic amines is 1. The number of aryl methyl sites for hydroxylation is 1. The first-order valence-corrected chi connectivity index (χ1v) is 15.1. The number of hydrogen-bond donors (Lipinski definition) is 4. The molecule has 4 N–H and O–H groups in total. The first-order chi connectivity index (χ1) is 21.1. The summed E-state index contributed by atoms with van der Waals surface area (Å²) in [7, 11) is 0. The molecule has 1 aromatic heterocycles. The van der Waals surface area contributed by atoms with Gasteiger partial charge in [0.2, 0.25) is 0 Å². The van der Waals surface area contributed by atoms with Crippen molar-refractivity contribution in [2.75, 3.05) is 29.2 Å². The number of carbonyl (C=O) groups excluding carboxylic acids is 2. The minimum Gasteiger partial charge on any atom is -0.381 e. The summed E-state index contributed by atoms with van der Waals surface area (Å²) in [6.07, 6.45) is 12.8. The maximum absolute atomic E-state index is 12.6. The lowest BCUT2D eigenvalue weighted by atomic mass is 9.87. The first kappa shape index (κ1) is 29.9. The van der Waals surface area contributed by atoms with Crippen molar-refractivity contribution in [2.24, 2.45) is 10.9 Å². The molecule has 3 amide bonds. The highest BCUT2D eigenvalue weighted by Crippen LogP contribution is 2.31. The number of nitrogens with one attached hydrogen (secondary N) is 4. The van der Waals surface area contributed by atoms with Crippen molar-refractivity contribution < 1.29 is 14.3 Å². The number of aliphatic imine (C=N–C) groups is 1. The number of allylic oxidation sites excluding steroid dienone is 1. The van der Waals surface area contributed by atoms with Crippen molar-refractivity contribution in [3.8, 4) is 23.1 Å². The molecule has 5 rings (SSSR count). The molecule has 0 radical (unpaired) electrons. The van der Waals surface area contributed by atoms with Gasteiger partial charge in [0.25, 0.3) is 5.91 Å². The van der Waals surface area contributed by atoms with E-state index in [2.05, 4.69) is 44.9 Å². The lowest BCUT2D eigenvalue weighted by Gasteiger charge is -2.18. The van der Waals surface area contributed by atoms with Crippen LogP contribution in [0.5, 0.6) is 0 Å². The molecule has 2 aliphatic rings. The normalized spacial score (nSPS) is 17.9. The third-order valence-corrected chi connectivity index (χ3v) is 7.70. The molecule has 0 aliphatic carbocycles. The Morgan fingerprint density at radius 3 is 2.30 bits per heavy atom. The standard InChI is InChI=1S/C35H39N5O3/c1-2-9-33(41)37-27-17-19-29(20-18-27)39-35(42)38-28-15-13-25(14-16-28)32-24-30-31(40-32)12-4-3-6-21-36-34(30)26-10-5-7-22-43-23-8-11-26/h6,13-21,24,26,40H,3-5,7-8,10-12,22-23H2,1H3,(H,37,41)(H2,38,39,42)/b21-6-,36-34?. The minimum atomic E-state index is -0.378. The van der Waals surface area contributed by atoms with E-state index in [1.165, 1.54) is 17.0 Å². The van der Waals surface area contributed by atoms with Crippen LogP contribution < -0.4 is 16.0 Å². The van der Waals surface area contributed by atoms with Gasteiger partial charge >= 0.3 is 6.03 Å². The molecule has 8 nitrogen and oxygen atoms in total. The summed E-state index contributed by atoms with van der Waals surface area (Å²) < 4.78 is 5.77. The number of urea groups is 1. The quantitative estimate of drug-likeness (QED) is 0.236. The van der Waals surface area contributed by atoms with Gasteiger partial charge in [-0.05, 0) is 106 Å². The monoisotopic (exact) mass is 577 g/mol. The fourth-order valence-corrected chi connectivity index (χ4v) is 5.56. The van der Waals surface area contributed by atoms with Crippen molar-refractivity contribution in [3.63, 3.8) is 0 Å². The maximum atomic E-state index is 12.6. The van der Waals surface area contributed by atoms with Gasteiger partial charge in [-0.2, -0.15) is 0 Å². The maximum Gasteiger partial charge on any atom is 0.323 e. The highest BCUT2D eigenvalue weighted by molar-refractivity contribution is 6.05. The number of hydrogen-bond acceptors (Lipinski definition) is 4. The molecular weight excluding hydrogens is 538 g/mol. The van der Waals surface area contributed by atoms with E-state index in [1.807, 2.05) is 30.5 Å². The van der Waals surface area contributed by atoms with E-state index in [0.29, 0.717) is 23.0 Å². The van der Waals surface area contributed by atoms with Crippen LogP contribution in [0.3, 0.4) is 0 Å². The van der Waals surface area contributed by atoms with Gasteiger partial charge in [-0.3, -0.25) is 9.79 Å². The van der Waals surface area contributed by atoms with Crippen molar-refractivity contribution >= 4 is 34.7 Å². The summed E-state index contributed by atoms with van der Waals surface area (Å²) >= 11 is 0. The molecule has 43 heavy (non-hydrogen) atoms. The minimum absolute atomic E-state index is 0.352. The van der Waals surface area contributed by atoms with E-state index in [1.54, 1.807) is 31.2 Å². The van der Waals surface area contributed by atoms with Gasteiger partial charge in [0.1, 0.15) is 0 Å². The summed E-state index contributed by atoms with van der Waals surface area (Å²) in [4.78, 5) is 33.0. The number of aromatic nitrogens is 1. The van der Waals surface area contributed by atoms with Gasteiger partial charge in [-0.25, -0.2) is 4.79 Å². The number of amides is 3. The van der Waals surface area contributed by atoms with Gasteiger partial charge in [0, 0.05) is 59.3 Å². The number of fused-ring (bicyclic) bond motifs is 1. The molecule has 1 unspecified atom stereocenters. The smallest absolute Gasteiger partial charge is 0.323 e. The Balaban J connectivity index is 1.26. The van der Waals surface area contributed by atoms with E-state index in [-0.39, 0.29) is 11.9 Å². The van der Waals surface area contributed by atoms with Crippen molar-refractivity contribution in [3.05, 3.63) is 78.1 Å². The number of ether oxygens (including phenoxy) is 1. The predicted octanol–water partition coefficient (Wildman–Crippen LogP) is 7.52. The number of benzene rings is 2. The summed E-state index contributed by atoms with van der Waals surface area (Å²) in [6.45, 7) is 3.29. The Labute approximate surface area is 253 Å². The van der Waals surface area contributed by atoms with Crippen LogP contribution in [-0.2, 0) is 16.0 Å². The van der Waals surface area contributed by atoms with Crippen LogP contribution in [0.25, 0.3) is 11.3 Å². The predicted molar refractivity (Wildman–Crippen MR) is 173 cm³/mol. The number of anilines is 3. The molecule has 1 atom stereocenters. The summed E-state index contributed by atoms with van der Waals surface area (Å²) in [5.74, 6) is 5.03. The van der Waals surface area contributed by atoms with Crippen LogP contribution in [0.2, 0.25) is 0 Å². The number of carbonyl (C=O) groups is 2. The molecule has 1 fully saturated rings. The van der Waals surface area contributed by atoms with Gasteiger partial charge in [0.05, 0.1) is 5.71 Å². The van der Waals surface area contributed by atoms with Crippen molar-refractivity contribution in [1.82, 2.24) is 4.98 Å². The molecule has 222 valence electrons. The van der Waals surface area contributed by atoms with Crippen LogP contribution in [-0.4, -0.2) is 35.8 Å². The molecule has 3 aromatic rings. The summed E-state index contributed by atoms with van der Waals surface area (Å²) in [5, 5.41) is 8.38. The molecule has 3 heterocycles. The highest BCUT2D eigenvalue weighted by atomic mass is 16.5. The van der Waals surface area contributed by atoms with Crippen LogP contribution in [0.15, 0.2) is 71.9 Å². The lowest BCUT2D eigenvalue weighted by molar-refractivity contribution is -0.111. The third-order valence-electron chi connectivity index (χ3n) is 7.70. The second-order valence-electron chi connectivity index (χ2n) is 10.9. The third kappa shape index (κ3) is 8.46. The van der Waals surface area contributed by atoms with Gasteiger partial charge in [-0.15, -0.1) is 0 Å². The fraction of sp³-hybridized carbons (Fsp3) is 0.343. The van der Waals surface area contributed by atoms with E-state index in [4.69, 9.17) is 9.73 Å². The van der Waals surface area contributed by atoms with Crippen LogP contribution in [0.4, 0.5) is 21.9 Å². The zero-order chi connectivity index (χ0) is 29.9. The summed E-state index contributed by atoms with van der Waals surface area (Å²) in [5.41, 5.74) is 7.68. The summed E-state index contributed by atoms with van der Waals surface area (Å²) in [6, 6.07) is 16.6. The fourth-order valence-electron chi connectivity index (χ4n) is 5.56. The second kappa shape index (κ2) is 15.0. The molecule has 1 saturated heterocycles. The molecule has 2 aliphatic heterocycles. The van der Waals surface area contributed by atoms with E-state index in [0.717, 1.165) is 75.8 Å². The average molecular weight is 578 g/mol. The van der Waals surface area contributed by atoms with Gasteiger partial charge < -0.3 is 25.7 Å². The van der Waals surface area contributed by atoms with Crippen LogP contribution >= 0.6 is 0 Å². The van der Waals surface area contributed by atoms with E-state index >= 15 is 0 Å². The first-order valence-electron chi connectivity index (χ1n) is 15.1. The number of H-pyrrole nitrogens is 1. The zero-order valence-corrected chi connectivity index (χ0v) is 24.7. The highest BCUT2D eigenvalue weighted by Gasteiger charge is 2.23. The molecule has 0 spiro atoms. The Morgan fingerprint density at radius 2 is 1.56 bits per heavy atom. The zero-order valence-electron chi connectivity index (χ0n) is 24.7. The topological polar surface area (TPSA) is 108 Å². The Morgan fingerprint density at radius 1 is 0.884 bits per heavy atom. The van der Waals surface area contributed by atoms with Gasteiger partial charge in [0.15, 0.2) is 0 Å². The average Bonchev–Trinajstić information content (AvgIpc) is 3.49. The molecule has 0 bridgehead atoms. The van der Waals surface area contributed by atoms with Crippen molar-refractivity contribution in [2.45, 2.75) is 58.3 Å². The van der Waals surface area contributed by atoms with Gasteiger partial charge in [-0.1, -0.05) is 30.6 Å². The Hall–Kier alpha value is -4.61. The van der Waals surface area contributed by atoms with E-state index < -0.39 is 0 Å². The molecule has 0 saturated carbocycles. The second-order valence-corrected chi connectivity index (χ2v) is 10.9. The number of nitrogens with zero attached hydrogens (tertiary/aromatic N) is 1. The van der Waals surface area contributed by atoms with E-state index in [9.17, 15) is 9.59 Å².